The number of hydrogen-bond acceptors (Lipinski definition) is 7. The predicted octanol–water partition coefficient (Wildman–Crippen LogP) is 6.38. The molecular formula is C40H63N3O7. The minimum atomic E-state index is -1.36. The maximum absolute atomic E-state index is 13.0. The number of nitrogens with zero attached hydrogens (tertiary/aromatic N) is 1. The molecule has 10 heteroatoms. The molecule has 1 amide bonds. The van der Waals surface area contributed by atoms with E-state index in [1.165, 1.54) is 61.3 Å². The number of nitrogens with one attached hydrogen (secondary N) is 2. The zero-order chi connectivity index (χ0) is 36.0. The van der Waals surface area contributed by atoms with E-state index in [0.29, 0.717) is 16.9 Å². The summed E-state index contributed by atoms with van der Waals surface area (Å²) in [4.78, 5) is 39.4. The Morgan fingerprint density at radius 2 is 1.90 bits per heavy atom. The van der Waals surface area contributed by atoms with Gasteiger partial charge in [-0.3, -0.25) is 14.3 Å². The number of hydrogen-bond donors (Lipinski definition) is 4. The van der Waals surface area contributed by atoms with Gasteiger partial charge in [0.2, 0.25) is 0 Å². The second kappa shape index (κ2) is 14.5. The molecule has 0 aromatic carbocycles. The van der Waals surface area contributed by atoms with Gasteiger partial charge in [0.25, 0.3) is 5.56 Å². The summed E-state index contributed by atoms with van der Waals surface area (Å²) >= 11 is 0. The molecule has 2 heterocycles. The average molecular weight is 698 g/mol. The summed E-state index contributed by atoms with van der Waals surface area (Å²) in [6, 6.07) is 0. The van der Waals surface area contributed by atoms with Crippen LogP contribution in [0.3, 0.4) is 0 Å². The summed E-state index contributed by atoms with van der Waals surface area (Å²) in [5.41, 5.74) is -0.0412. The van der Waals surface area contributed by atoms with Crippen LogP contribution in [-0.4, -0.2) is 56.8 Å². The van der Waals surface area contributed by atoms with Crippen LogP contribution in [0.4, 0.5) is 4.79 Å². The third-order valence-electron chi connectivity index (χ3n) is 14.5. The first kappa shape index (κ1) is 37.3. The van der Waals surface area contributed by atoms with Crippen molar-refractivity contribution in [2.24, 2.45) is 46.3 Å². The van der Waals surface area contributed by atoms with Crippen LogP contribution in [0.1, 0.15) is 130 Å². The second-order valence-corrected chi connectivity index (χ2v) is 17.8. The van der Waals surface area contributed by atoms with Crippen LogP contribution in [0, 0.1) is 53.3 Å². The highest BCUT2D eigenvalue weighted by molar-refractivity contribution is 5.67. The highest BCUT2D eigenvalue weighted by atomic mass is 16.6. The Morgan fingerprint density at radius 1 is 1.12 bits per heavy atom. The van der Waals surface area contributed by atoms with Crippen LogP contribution in [-0.2, 0) is 9.47 Å². The number of carbonyl (C=O) groups excluding carboxylic acids is 1. The highest BCUT2D eigenvalue weighted by Gasteiger charge is 2.59. The smallest absolute Gasteiger partial charge is 0.407 e. The number of fused-ring (bicyclic) bond motifs is 5. The number of alkyl carbamates (subject to hydrolysis) is 1. The van der Waals surface area contributed by atoms with Gasteiger partial charge < -0.3 is 25.0 Å². The van der Waals surface area contributed by atoms with Gasteiger partial charge in [-0.15, -0.1) is 0 Å². The van der Waals surface area contributed by atoms with Crippen LogP contribution >= 0.6 is 0 Å². The van der Waals surface area contributed by atoms with Crippen molar-refractivity contribution in [3.63, 3.8) is 0 Å². The van der Waals surface area contributed by atoms with E-state index in [-0.39, 0.29) is 30.9 Å². The monoisotopic (exact) mass is 697 g/mol. The van der Waals surface area contributed by atoms with Crippen molar-refractivity contribution in [3.05, 3.63) is 44.2 Å². The number of ether oxygens (including phenoxy) is 2. The van der Waals surface area contributed by atoms with Crippen molar-refractivity contribution in [3.8, 4) is 0 Å². The molecule has 0 unspecified atom stereocenters. The molecule has 0 bridgehead atoms. The van der Waals surface area contributed by atoms with Crippen molar-refractivity contribution < 1.29 is 24.5 Å². The molecule has 4 N–H and O–H groups in total. The van der Waals surface area contributed by atoms with Gasteiger partial charge in [-0.1, -0.05) is 65.5 Å². The van der Waals surface area contributed by atoms with Gasteiger partial charge in [0.05, 0.1) is 12.7 Å². The van der Waals surface area contributed by atoms with Crippen molar-refractivity contribution >= 4 is 6.09 Å². The lowest BCUT2D eigenvalue weighted by molar-refractivity contribution is -0.132. The van der Waals surface area contributed by atoms with E-state index in [0.717, 1.165) is 55.3 Å². The summed E-state index contributed by atoms with van der Waals surface area (Å²) in [5, 5.41) is 23.9. The van der Waals surface area contributed by atoms with Crippen molar-refractivity contribution in [2.75, 3.05) is 13.2 Å². The number of aliphatic hydroxyl groups is 2. The van der Waals surface area contributed by atoms with Gasteiger partial charge in [-0.05, 0) is 105 Å². The maximum atomic E-state index is 13.0. The number of amides is 1. The standard InChI is InChI=1S/C40H63N3O7/c1-24(2)8-7-9-25(3)30-12-13-31-29-11-10-27-20-28(14-16-38(27,5)32(29)15-17-39(30,31)6)49-37(48)41-19-18-40(23-44)33(45)21-34(50-40)43-22-26(4)35(46)42-36(43)47/h10,22,24-25,28-34,44-45H,7-9,11-21,23H2,1-6H3,(H,41,48)(H,42,46,47)/t25-,28+,29+,30-,31+,32+,33+,34-,38+,39-,40-/m1/s1. The first-order chi connectivity index (χ1) is 23.7. The molecule has 1 aliphatic heterocycles. The van der Waals surface area contributed by atoms with Gasteiger partial charge in [0.1, 0.15) is 17.9 Å². The molecule has 4 aliphatic carbocycles. The summed E-state index contributed by atoms with van der Waals surface area (Å²) in [6.45, 7) is 13.6. The first-order valence-corrected chi connectivity index (χ1v) is 19.6. The molecule has 4 fully saturated rings. The van der Waals surface area contributed by atoms with E-state index in [9.17, 15) is 24.6 Å². The molecule has 1 aromatic heterocycles. The van der Waals surface area contributed by atoms with Gasteiger partial charge in [0, 0.05) is 31.1 Å². The summed E-state index contributed by atoms with van der Waals surface area (Å²) in [5.74, 6) is 4.73. The Hall–Kier alpha value is -2.43. The fourth-order valence-corrected chi connectivity index (χ4v) is 11.5. The Balaban J connectivity index is 1.01. The third-order valence-corrected chi connectivity index (χ3v) is 14.5. The highest BCUT2D eigenvalue weighted by Crippen LogP contribution is 2.67. The summed E-state index contributed by atoms with van der Waals surface area (Å²) in [6.07, 6.45) is 14.8. The number of rotatable bonds is 11. The van der Waals surface area contributed by atoms with E-state index in [1.807, 2.05) is 0 Å². The number of carbonyl (C=O) groups is 1. The van der Waals surface area contributed by atoms with Gasteiger partial charge in [-0.2, -0.15) is 0 Å². The van der Waals surface area contributed by atoms with Crippen LogP contribution in [0.5, 0.6) is 0 Å². The van der Waals surface area contributed by atoms with E-state index >= 15 is 0 Å². The van der Waals surface area contributed by atoms with Crippen LogP contribution < -0.4 is 16.6 Å². The fraction of sp³-hybridized carbons (Fsp3) is 0.825. The number of allylic oxidation sites excluding steroid dienone is 1. The van der Waals surface area contributed by atoms with Gasteiger partial charge in [-0.25, -0.2) is 9.59 Å². The molecule has 0 spiro atoms. The fourth-order valence-electron chi connectivity index (χ4n) is 11.5. The van der Waals surface area contributed by atoms with Crippen molar-refractivity contribution in [1.82, 2.24) is 14.9 Å². The molecule has 1 aromatic rings. The van der Waals surface area contributed by atoms with Crippen molar-refractivity contribution in [1.29, 1.82) is 0 Å². The van der Waals surface area contributed by atoms with E-state index in [1.54, 1.807) is 6.92 Å². The average Bonchev–Trinajstić information content (AvgIpc) is 3.59. The SMILES string of the molecule is Cc1cn([C@H]2C[C@H](O)[C@](CO)(CCNC(=O)O[C@H]3CC[C@@]4(C)C(=CC[C@H]5[C@@H]6CC[C@H]([C@H](C)CCCC(C)C)[C@@]6(C)CC[C@@H]54)C3)O2)c(=O)[nH]c1=O. The molecule has 0 radical (unpaired) electrons. The van der Waals surface area contributed by atoms with Gasteiger partial charge in [0.15, 0.2) is 0 Å². The predicted molar refractivity (Wildman–Crippen MR) is 193 cm³/mol. The van der Waals surface area contributed by atoms with Crippen LogP contribution in [0.15, 0.2) is 27.4 Å². The first-order valence-electron chi connectivity index (χ1n) is 19.6. The van der Waals surface area contributed by atoms with E-state index in [2.05, 4.69) is 51.0 Å². The molecule has 5 aliphatic rings. The lowest BCUT2D eigenvalue weighted by Crippen LogP contribution is -2.51. The lowest BCUT2D eigenvalue weighted by atomic mass is 9.47. The Bertz CT molecular complexity index is 1530. The van der Waals surface area contributed by atoms with Gasteiger partial charge >= 0.3 is 11.8 Å². The minimum absolute atomic E-state index is 0.0618. The zero-order valence-corrected chi connectivity index (χ0v) is 31.3. The zero-order valence-electron chi connectivity index (χ0n) is 31.3. The second-order valence-electron chi connectivity index (χ2n) is 17.8. The number of aliphatic hydroxyl groups excluding tert-OH is 2. The third kappa shape index (κ3) is 6.90. The largest absolute Gasteiger partial charge is 0.446 e. The number of aryl methyl sites for hydroxylation is 1. The molecule has 280 valence electrons. The number of H-pyrrole nitrogens is 1. The van der Waals surface area contributed by atoms with Crippen LogP contribution in [0.2, 0.25) is 0 Å². The molecule has 11 atom stereocenters. The number of aromatic nitrogens is 2. The Labute approximate surface area is 297 Å². The molecule has 3 saturated carbocycles. The Morgan fingerprint density at radius 3 is 2.64 bits per heavy atom. The molecule has 10 nitrogen and oxygen atoms in total. The molecular weight excluding hydrogens is 634 g/mol. The maximum Gasteiger partial charge on any atom is 0.407 e. The topological polar surface area (TPSA) is 143 Å². The summed E-state index contributed by atoms with van der Waals surface area (Å²) in [7, 11) is 0. The molecule has 50 heavy (non-hydrogen) atoms. The van der Waals surface area contributed by atoms with Crippen LogP contribution in [0.25, 0.3) is 0 Å². The number of aromatic amines is 1. The quantitative estimate of drug-likeness (QED) is 0.197. The normalized spacial score (nSPS) is 38.6. The van der Waals surface area contributed by atoms with E-state index < -0.39 is 41.9 Å². The molecule has 1 saturated heterocycles. The Kier molecular flexibility index (Phi) is 10.9. The van der Waals surface area contributed by atoms with Crippen molar-refractivity contribution in [2.45, 2.75) is 149 Å². The minimum Gasteiger partial charge on any atom is -0.446 e. The molecule has 6 rings (SSSR count). The van der Waals surface area contributed by atoms with E-state index in [4.69, 9.17) is 9.47 Å². The summed E-state index contributed by atoms with van der Waals surface area (Å²) < 4.78 is 13.2. The lowest BCUT2D eigenvalue weighted by Gasteiger charge is -2.58.